The molecule has 0 unspecified atom stereocenters. The molecule has 0 N–H and O–H groups in total. The van der Waals surface area contributed by atoms with Crippen molar-refractivity contribution >= 4 is 29.1 Å². The van der Waals surface area contributed by atoms with Gasteiger partial charge in [0.05, 0.1) is 17.4 Å². The maximum Gasteiger partial charge on any atom is 0.162 e. The number of aromatic nitrogens is 1. The highest BCUT2D eigenvalue weighted by Gasteiger charge is 2.25. The van der Waals surface area contributed by atoms with Crippen molar-refractivity contribution in [3.05, 3.63) is 76.7 Å². The summed E-state index contributed by atoms with van der Waals surface area (Å²) in [4.78, 5) is 19.4. The van der Waals surface area contributed by atoms with Crippen LogP contribution in [0.1, 0.15) is 17.7 Å². The average Bonchev–Trinajstić information content (AvgIpc) is 3.12. The number of allylic oxidation sites excluding steroid dienone is 1. The van der Waals surface area contributed by atoms with Gasteiger partial charge in [0.15, 0.2) is 5.78 Å². The Morgan fingerprint density at radius 1 is 1.19 bits per heavy atom. The van der Waals surface area contributed by atoms with E-state index in [1.165, 1.54) is 0 Å². The van der Waals surface area contributed by atoms with Gasteiger partial charge in [0.25, 0.3) is 0 Å². The Morgan fingerprint density at radius 3 is 2.81 bits per heavy atom. The van der Waals surface area contributed by atoms with E-state index in [1.54, 1.807) is 17.8 Å². The van der Waals surface area contributed by atoms with Crippen LogP contribution < -0.4 is 4.90 Å². The molecule has 0 aliphatic carbocycles. The molecule has 0 bridgehead atoms. The molecule has 0 amide bonds. The third-order valence-corrected chi connectivity index (χ3v) is 5.36. The summed E-state index contributed by atoms with van der Waals surface area (Å²) in [6.45, 7) is 2.73. The summed E-state index contributed by atoms with van der Waals surface area (Å²) in [6, 6.07) is 14.1. The standard InChI is InChI=1S/C21H20N2O2S/c1-15-9-10-16-12-18(24)13-20(26-14-19-8-5-11-25-19)23(21(16)22-15)17-6-3-2-4-7-17/h2-4,6-10,13H,5,11-12,14H2,1H3. The fraction of sp³-hybridized carbons (Fsp3) is 0.238. The monoisotopic (exact) mass is 364 g/mol. The predicted octanol–water partition coefficient (Wildman–Crippen LogP) is 4.53. The third kappa shape index (κ3) is 3.53. The number of nitrogens with zero attached hydrogens (tertiary/aromatic N) is 2. The second kappa shape index (κ2) is 7.38. The number of hydrogen-bond donors (Lipinski definition) is 0. The highest BCUT2D eigenvalue weighted by molar-refractivity contribution is 8.03. The fourth-order valence-corrected chi connectivity index (χ4v) is 4.12. The Kier molecular flexibility index (Phi) is 4.80. The molecule has 1 aromatic heterocycles. The van der Waals surface area contributed by atoms with Gasteiger partial charge in [0.2, 0.25) is 0 Å². The van der Waals surface area contributed by atoms with Crippen LogP contribution in [0, 0.1) is 6.92 Å². The number of anilines is 2. The first-order chi connectivity index (χ1) is 12.7. The van der Waals surface area contributed by atoms with E-state index in [0.717, 1.165) is 46.6 Å². The molecule has 4 nitrogen and oxygen atoms in total. The molecule has 2 aliphatic heterocycles. The molecule has 0 saturated carbocycles. The van der Waals surface area contributed by atoms with Gasteiger partial charge in [-0.25, -0.2) is 4.98 Å². The summed E-state index contributed by atoms with van der Waals surface area (Å²) in [7, 11) is 0. The maximum atomic E-state index is 12.5. The van der Waals surface area contributed by atoms with Gasteiger partial charge in [0.1, 0.15) is 11.6 Å². The van der Waals surface area contributed by atoms with Crippen molar-refractivity contribution in [2.24, 2.45) is 0 Å². The lowest BCUT2D eigenvalue weighted by molar-refractivity contribution is -0.114. The molecule has 0 atom stereocenters. The smallest absolute Gasteiger partial charge is 0.162 e. The van der Waals surface area contributed by atoms with Gasteiger partial charge in [0, 0.05) is 35.9 Å². The van der Waals surface area contributed by atoms with Crippen LogP contribution in [0.25, 0.3) is 0 Å². The number of ketones is 1. The Balaban J connectivity index is 1.77. The van der Waals surface area contributed by atoms with Gasteiger partial charge in [-0.05, 0) is 31.2 Å². The topological polar surface area (TPSA) is 42.4 Å². The Morgan fingerprint density at radius 2 is 2.04 bits per heavy atom. The molecule has 1 aromatic carbocycles. The van der Waals surface area contributed by atoms with E-state index in [-0.39, 0.29) is 5.78 Å². The minimum absolute atomic E-state index is 0.0964. The van der Waals surface area contributed by atoms with Crippen molar-refractivity contribution in [3.63, 3.8) is 0 Å². The van der Waals surface area contributed by atoms with E-state index < -0.39 is 0 Å². The number of para-hydroxylation sites is 1. The molecule has 2 aliphatic rings. The molecule has 4 rings (SSSR count). The van der Waals surface area contributed by atoms with E-state index in [0.29, 0.717) is 12.2 Å². The quantitative estimate of drug-likeness (QED) is 0.797. The number of ether oxygens (including phenoxy) is 1. The maximum absolute atomic E-state index is 12.5. The van der Waals surface area contributed by atoms with Gasteiger partial charge in [-0.15, -0.1) is 0 Å². The zero-order valence-electron chi connectivity index (χ0n) is 14.6. The third-order valence-electron chi connectivity index (χ3n) is 4.33. The van der Waals surface area contributed by atoms with Crippen LogP contribution in [0.5, 0.6) is 0 Å². The van der Waals surface area contributed by atoms with Crippen molar-refractivity contribution < 1.29 is 9.53 Å². The van der Waals surface area contributed by atoms with Crippen LogP contribution in [0.2, 0.25) is 0 Å². The number of hydrogen-bond acceptors (Lipinski definition) is 5. The second-order valence-electron chi connectivity index (χ2n) is 6.33. The molecule has 2 aromatic rings. The fourth-order valence-electron chi connectivity index (χ4n) is 3.10. The first kappa shape index (κ1) is 16.9. The normalized spacial score (nSPS) is 16.5. The second-order valence-corrected chi connectivity index (χ2v) is 7.32. The lowest BCUT2D eigenvalue weighted by atomic mass is 10.1. The lowest BCUT2D eigenvalue weighted by Crippen LogP contribution is -2.17. The van der Waals surface area contributed by atoms with Crippen LogP contribution in [-0.4, -0.2) is 23.1 Å². The molecular formula is C21H20N2O2S. The van der Waals surface area contributed by atoms with Crippen LogP contribution in [0.3, 0.4) is 0 Å². The Labute approximate surface area is 157 Å². The van der Waals surface area contributed by atoms with Gasteiger partial charge in [-0.1, -0.05) is 36.0 Å². The number of rotatable bonds is 4. The molecule has 132 valence electrons. The highest BCUT2D eigenvalue weighted by Crippen LogP contribution is 2.38. The van der Waals surface area contributed by atoms with Crippen LogP contribution in [0.15, 0.2) is 65.4 Å². The minimum atomic E-state index is 0.0964. The zero-order chi connectivity index (χ0) is 17.9. The average molecular weight is 364 g/mol. The summed E-state index contributed by atoms with van der Waals surface area (Å²) in [5.74, 6) is 2.63. The van der Waals surface area contributed by atoms with E-state index >= 15 is 0 Å². The summed E-state index contributed by atoms with van der Waals surface area (Å²) < 4.78 is 5.63. The SMILES string of the molecule is Cc1ccc2c(n1)N(c1ccccc1)C(SCC1=CCCO1)=CC(=O)C2. The number of benzene rings is 1. The molecule has 0 spiro atoms. The number of fused-ring (bicyclic) bond motifs is 1. The molecular weight excluding hydrogens is 344 g/mol. The Hall–Kier alpha value is -2.53. The van der Waals surface area contributed by atoms with Gasteiger partial charge in [-0.3, -0.25) is 9.69 Å². The molecule has 26 heavy (non-hydrogen) atoms. The molecule has 5 heteroatoms. The van der Waals surface area contributed by atoms with E-state index in [9.17, 15) is 4.79 Å². The summed E-state index contributed by atoms with van der Waals surface area (Å²) >= 11 is 1.62. The van der Waals surface area contributed by atoms with Crippen molar-refractivity contribution in [1.29, 1.82) is 0 Å². The molecule has 3 heterocycles. The van der Waals surface area contributed by atoms with E-state index in [2.05, 4.69) is 11.0 Å². The molecule has 0 fully saturated rings. The summed E-state index contributed by atoms with van der Waals surface area (Å²) in [6.07, 6.45) is 5.19. The van der Waals surface area contributed by atoms with Crippen LogP contribution in [0.4, 0.5) is 11.5 Å². The number of pyridine rings is 1. The van der Waals surface area contributed by atoms with E-state index in [1.807, 2.05) is 49.4 Å². The van der Waals surface area contributed by atoms with Crippen molar-refractivity contribution in [2.45, 2.75) is 19.8 Å². The van der Waals surface area contributed by atoms with Crippen molar-refractivity contribution in [1.82, 2.24) is 4.98 Å². The molecule has 0 saturated heterocycles. The van der Waals surface area contributed by atoms with Crippen LogP contribution in [-0.2, 0) is 16.0 Å². The van der Waals surface area contributed by atoms with Gasteiger partial charge >= 0.3 is 0 Å². The van der Waals surface area contributed by atoms with Crippen LogP contribution >= 0.6 is 11.8 Å². The summed E-state index contributed by atoms with van der Waals surface area (Å²) in [5.41, 5.74) is 2.89. The number of thioether (sulfide) groups is 1. The number of carbonyl (C=O) groups excluding carboxylic acids is 1. The van der Waals surface area contributed by atoms with Crippen molar-refractivity contribution in [3.8, 4) is 0 Å². The van der Waals surface area contributed by atoms with Gasteiger partial charge < -0.3 is 4.74 Å². The Bertz CT molecular complexity index is 890. The number of carbonyl (C=O) groups is 1. The lowest BCUT2D eigenvalue weighted by Gasteiger charge is -2.26. The van der Waals surface area contributed by atoms with Crippen molar-refractivity contribution in [2.75, 3.05) is 17.3 Å². The largest absolute Gasteiger partial charge is 0.497 e. The number of aryl methyl sites for hydroxylation is 1. The minimum Gasteiger partial charge on any atom is -0.497 e. The highest BCUT2D eigenvalue weighted by atomic mass is 32.2. The molecule has 0 radical (unpaired) electrons. The van der Waals surface area contributed by atoms with E-state index in [4.69, 9.17) is 9.72 Å². The first-order valence-corrected chi connectivity index (χ1v) is 9.70. The predicted molar refractivity (Wildman–Crippen MR) is 105 cm³/mol. The summed E-state index contributed by atoms with van der Waals surface area (Å²) in [5, 5.41) is 0.884. The zero-order valence-corrected chi connectivity index (χ0v) is 15.5. The van der Waals surface area contributed by atoms with Gasteiger partial charge in [-0.2, -0.15) is 0 Å². The first-order valence-electron chi connectivity index (χ1n) is 8.71.